The quantitative estimate of drug-likeness (QED) is 0.914. The summed E-state index contributed by atoms with van der Waals surface area (Å²) in [6.07, 6.45) is 3.12. The number of ether oxygens (including phenoxy) is 1. The zero-order valence-electron chi connectivity index (χ0n) is 15.6. The number of rotatable bonds is 3. The van der Waals surface area contributed by atoms with Crippen LogP contribution in [0.25, 0.3) is 0 Å². The molecule has 2 aliphatic heterocycles. The highest BCUT2D eigenvalue weighted by Crippen LogP contribution is 2.19. The molecule has 2 unspecified atom stereocenters. The van der Waals surface area contributed by atoms with Gasteiger partial charge in [-0.2, -0.15) is 0 Å². The number of aryl methyl sites for hydroxylation is 1. The van der Waals surface area contributed by atoms with Crippen LogP contribution in [0.15, 0.2) is 18.2 Å². The van der Waals surface area contributed by atoms with Crippen molar-refractivity contribution in [1.29, 1.82) is 0 Å². The van der Waals surface area contributed by atoms with E-state index in [2.05, 4.69) is 34.3 Å². The molecule has 25 heavy (non-hydrogen) atoms. The van der Waals surface area contributed by atoms with Gasteiger partial charge in [0, 0.05) is 37.9 Å². The van der Waals surface area contributed by atoms with Crippen LogP contribution in [0, 0.1) is 6.92 Å². The number of nitrogens with zero attached hydrogens (tertiary/aromatic N) is 3. The molecule has 2 amide bonds. The van der Waals surface area contributed by atoms with E-state index in [9.17, 15) is 4.79 Å². The summed E-state index contributed by atoms with van der Waals surface area (Å²) in [7, 11) is 0. The van der Waals surface area contributed by atoms with Crippen molar-refractivity contribution in [2.24, 2.45) is 0 Å². The highest BCUT2D eigenvalue weighted by Gasteiger charge is 2.29. The molecule has 2 fully saturated rings. The molecule has 6 heteroatoms. The largest absolute Gasteiger partial charge is 0.372 e. The SMILES string of the molecule is CCC1CN(C(=O)NC2CCN(c3cccc(C)n3)CC2)CC(C)O1. The highest BCUT2D eigenvalue weighted by atomic mass is 16.5. The Kier molecular flexibility index (Phi) is 5.78. The van der Waals surface area contributed by atoms with Gasteiger partial charge in [0.25, 0.3) is 0 Å². The predicted molar refractivity (Wildman–Crippen MR) is 98.9 cm³/mol. The first kappa shape index (κ1) is 18.0. The summed E-state index contributed by atoms with van der Waals surface area (Å²) < 4.78 is 5.84. The Labute approximate surface area is 150 Å². The van der Waals surface area contributed by atoms with Crippen LogP contribution in [0.5, 0.6) is 0 Å². The lowest BCUT2D eigenvalue weighted by Crippen LogP contribution is -2.55. The Morgan fingerprint density at radius 2 is 2.08 bits per heavy atom. The second-order valence-electron chi connectivity index (χ2n) is 7.23. The van der Waals surface area contributed by atoms with Gasteiger partial charge in [-0.25, -0.2) is 9.78 Å². The fraction of sp³-hybridized carbons (Fsp3) is 0.684. The number of aromatic nitrogens is 1. The number of hydrogen-bond acceptors (Lipinski definition) is 4. The lowest BCUT2D eigenvalue weighted by Gasteiger charge is -2.38. The van der Waals surface area contributed by atoms with E-state index in [1.165, 1.54) is 0 Å². The molecule has 0 aliphatic carbocycles. The van der Waals surface area contributed by atoms with E-state index in [4.69, 9.17) is 4.74 Å². The molecule has 1 aromatic heterocycles. The Bertz CT molecular complexity index is 587. The molecule has 2 saturated heterocycles. The molecule has 2 atom stereocenters. The number of anilines is 1. The van der Waals surface area contributed by atoms with E-state index in [0.717, 1.165) is 43.9 Å². The van der Waals surface area contributed by atoms with Gasteiger partial charge in [0.05, 0.1) is 12.2 Å². The van der Waals surface area contributed by atoms with Gasteiger partial charge in [0.2, 0.25) is 0 Å². The number of nitrogens with one attached hydrogen (secondary N) is 1. The summed E-state index contributed by atoms with van der Waals surface area (Å²) in [4.78, 5) is 21.4. The molecule has 0 saturated carbocycles. The van der Waals surface area contributed by atoms with Crippen molar-refractivity contribution in [2.75, 3.05) is 31.1 Å². The van der Waals surface area contributed by atoms with E-state index < -0.39 is 0 Å². The maximum absolute atomic E-state index is 12.6. The Balaban J connectivity index is 1.49. The smallest absolute Gasteiger partial charge is 0.317 e. The van der Waals surface area contributed by atoms with Crippen molar-refractivity contribution in [1.82, 2.24) is 15.2 Å². The van der Waals surface area contributed by atoms with Crippen LogP contribution in [0.3, 0.4) is 0 Å². The van der Waals surface area contributed by atoms with Crippen LogP contribution in [-0.4, -0.2) is 60.3 Å². The van der Waals surface area contributed by atoms with Crippen molar-refractivity contribution in [3.63, 3.8) is 0 Å². The van der Waals surface area contributed by atoms with Gasteiger partial charge in [0.1, 0.15) is 5.82 Å². The van der Waals surface area contributed by atoms with Gasteiger partial charge in [-0.3, -0.25) is 0 Å². The first-order valence-electron chi connectivity index (χ1n) is 9.44. The maximum atomic E-state index is 12.6. The highest BCUT2D eigenvalue weighted by molar-refractivity contribution is 5.74. The molecule has 0 spiro atoms. The number of hydrogen-bond donors (Lipinski definition) is 1. The molecule has 138 valence electrons. The number of carbonyl (C=O) groups is 1. The van der Waals surface area contributed by atoms with Gasteiger partial charge in [-0.15, -0.1) is 0 Å². The number of carbonyl (C=O) groups excluding carboxylic acids is 1. The van der Waals surface area contributed by atoms with E-state index >= 15 is 0 Å². The topological polar surface area (TPSA) is 57.7 Å². The van der Waals surface area contributed by atoms with E-state index in [-0.39, 0.29) is 24.3 Å². The van der Waals surface area contributed by atoms with Crippen molar-refractivity contribution >= 4 is 11.8 Å². The normalized spacial score (nSPS) is 25.1. The standard InChI is InChI=1S/C19H30N4O2/c1-4-17-13-23(12-15(3)25-17)19(24)21-16-8-10-22(11-9-16)18-7-5-6-14(2)20-18/h5-7,15-17H,4,8-13H2,1-3H3,(H,21,24). The lowest BCUT2D eigenvalue weighted by molar-refractivity contribution is -0.0648. The molecule has 1 aromatic rings. The van der Waals surface area contributed by atoms with Crippen molar-refractivity contribution in [2.45, 2.75) is 58.3 Å². The zero-order chi connectivity index (χ0) is 17.8. The fourth-order valence-electron chi connectivity index (χ4n) is 3.66. The number of morpholine rings is 1. The van der Waals surface area contributed by atoms with Crippen LogP contribution in [-0.2, 0) is 4.74 Å². The number of amides is 2. The summed E-state index contributed by atoms with van der Waals surface area (Å²) in [6, 6.07) is 6.43. The summed E-state index contributed by atoms with van der Waals surface area (Å²) >= 11 is 0. The molecule has 3 rings (SSSR count). The van der Waals surface area contributed by atoms with E-state index in [1.807, 2.05) is 24.8 Å². The summed E-state index contributed by atoms with van der Waals surface area (Å²) in [6.45, 7) is 9.39. The monoisotopic (exact) mass is 346 g/mol. The molecule has 1 N–H and O–H groups in total. The Morgan fingerprint density at radius 1 is 1.32 bits per heavy atom. The minimum atomic E-state index is 0.0562. The molecule has 3 heterocycles. The molecule has 2 aliphatic rings. The number of urea groups is 1. The first-order chi connectivity index (χ1) is 12.0. The summed E-state index contributed by atoms with van der Waals surface area (Å²) in [5.41, 5.74) is 1.04. The van der Waals surface area contributed by atoms with Crippen LogP contribution in [0.2, 0.25) is 0 Å². The van der Waals surface area contributed by atoms with Crippen molar-refractivity contribution in [3.8, 4) is 0 Å². The molecule has 6 nitrogen and oxygen atoms in total. The average Bonchev–Trinajstić information content (AvgIpc) is 2.61. The van der Waals surface area contributed by atoms with E-state index in [0.29, 0.717) is 13.1 Å². The minimum Gasteiger partial charge on any atom is -0.372 e. The maximum Gasteiger partial charge on any atom is 0.317 e. The third-order valence-electron chi connectivity index (χ3n) is 5.09. The molecular formula is C19H30N4O2. The van der Waals surface area contributed by atoms with Crippen molar-refractivity contribution < 1.29 is 9.53 Å². The molecule has 0 aromatic carbocycles. The molecule has 0 bridgehead atoms. The Morgan fingerprint density at radius 3 is 2.76 bits per heavy atom. The number of pyridine rings is 1. The predicted octanol–water partition coefficient (Wildman–Crippen LogP) is 2.57. The third-order valence-corrected chi connectivity index (χ3v) is 5.09. The fourth-order valence-corrected chi connectivity index (χ4v) is 3.66. The van der Waals surface area contributed by atoms with Gasteiger partial charge in [0.15, 0.2) is 0 Å². The zero-order valence-corrected chi connectivity index (χ0v) is 15.6. The van der Waals surface area contributed by atoms with Crippen LogP contribution < -0.4 is 10.2 Å². The number of piperidine rings is 1. The van der Waals surface area contributed by atoms with Gasteiger partial charge in [-0.05, 0) is 45.2 Å². The average molecular weight is 346 g/mol. The summed E-state index contributed by atoms with van der Waals surface area (Å²) in [5.74, 6) is 1.04. The molecule has 0 radical (unpaired) electrons. The first-order valence-corrected chi connectivity index (χ1v) is 9.44. The Hall–Kier alpha value is -1.82. The third kappa shape index (κ3) is 4.63. The second-order valence-corrected chi connectivity index (χ2v) is 7.23. The van der Waals surface area contributed by atoms with Gasteiger partial charge >= 0.3 is 6.03 Å². The summed E-state index contributed by atoms with van der Waals surface area (Å²) in [5, 5.41) is 3.22. The van der Waals surface area contributed by atoms with Gasteiger partial charge in [-0.1, -0.05) is 13.0 Å². The second kappa shape index (κ2) is 8.04. The van der Waals surface area contributed by atoms with Crippen LogP contribution in [0.4, 0.5) is 10.6 Å². The lowest BCUT2D eigenvalue weighted by atomic mass is 10.1. The minimum absolute atomic E-state index is 0.0562. The van der Waals surface area contributed by atoms with Crippen LogP contribution >= 0.6 is 0 Å². The van der Waals surface area contributed by atoms with Gasteiger partial charge < -0.3 is 19.9 Å². The van der Waals surface area contributed by atoms with E-state index in [1.54, 1.807) is 0 Å². The van der Waals surface area contributed by atoms with Crippen molar-refractivity contribution in [3.05, 3.63) is 23.9 Å². The molecular weight excluding hydrogens is 316 g/mol. The van der Waals surface area contributed by atoms with Crippen LogP contribution in [0.1, 0.15) is 38.8 Å².